The van der Waals surface area contributed by atoms with E-state index < -0.39 is 5.97 Å². The van der Waals surface area contributed by atoms with Gasteiger partial charge in [-0.15, -0.1) is 0 Å². The normalized spacial score (nSPS) is 15.0. The zero-order chi connectivity index (χ0) is 28.7. The average Bonchev–Trinajstić information content (AvgIpc) is 3.33. The Kier molecular flexibility index (Phi) is 5.37. The van der Waals surface area contributed by atoms with Crippen LogP contribution in [0, 0.1) is 6.92 Å². The molecule has 2 aliphatic carbocycles. The molecule has 1 N–H and O–H groups in total. The van der Waals surface area contributed by atoms with Crippen LogP contribution >= 0.6 is 0 Å². The Morgan fingerprint density at radius 1 is 0.561 bits per heavy atom. The first-order valence-electron chi connectivity index (χ1n) is 14.2. The van der Waals surface area contributed by atoms with Gasteiger partial charge in [-0.2, -0.15) is 0 Å². The first-order valence-corrected chi connectivity index (χ1v) is 14.2. The summed E-state index contributed by atoms with van der Waals surface area (Å²) < 4.78 is 0. The zero-order valence-corrected chi connectivity index (χ0v) is 24.1. The van der Waals surface area contributed by atoms with Crippen LogP contribution in [0.5, 0.6) is 0 Å². The lowest BCUT2D eigenvalue weighted by Gasteiger charge is -2.30. The lowest BCUT2D eigenvalue weighted by molar-refractivity contribution is 0.0696. The first-order chi connectivity index (χ1) is 19.6. The van der Waals surface area contributed by atoms with Crippen molar-refractivity contribution in [2.24, 2.45) is 0 Å². The molecule has 0 unspecified atom stereocenters. The summed E-state index contributed by atoms with van der Waals surface area (Å²) in [6.07, 6.45) is 0. The number of carbonyl (C=O) groups is 1. The van der Waals surface area contributed by atoms with Crippen molar-refractivity contribution in [1.82, 2.24) is 0 Å². The molecule has 7 rings (SSSR count). The molecule has 202 valence electrons. The molecule has 0 aromatic heterocycles. The highest BCUT2D eigenvalue weighted by molar-refractivity contribution is 5.92. The van der Waals surface area contributed by atoms with Gasteiger partial charge < -0.3 is 10.0 Å². The highest BCUT2D eigenvalue weighted by Crippen LogP contribution is 2.53. The van der Waals surface area contributed by atoms with E-state index in [0.717, 1.165) is 22.6 Å². The number of fused-ring (bicyclic) bond motifs is 6. The van der Waals surface area contributed by atoms with E-state index in [2.05, 4.69) is 118 Å². The van der Waals surface area contributed by atoms with Crippen molar-refractivity contribution >= 4 is 23.0 Å². The molecule has 3 nitrogen and oxygen atoms in total. The molecular weight excluding hydrogens is 502 g/mol. The Morgan fingerprint density at radius 2 is 0.976 bits per heavy atom. The third-order valence-electron chi connectivity index (χ3n) is 9.35. The fraction of sp³-hybridized carbons (Fsp3) is 0.184. The minimum Gasteiger partial charge on any atom is -0.478 e. The largest absolute Gasteiger partial charge is 0.478 e. The summed E-state index contributed by atoms with van der Waals surface area (Å²) in [5.41, 5.74) is 14.3. The maximum Gasteiger partial charge on any atom is 0.335 e. The Morgan fingerprint density at radius 3 is 1.44 bits per heavy atom. The molecule has 5 aromatic carbocycles. The van der Waals surface area contributed by atoms with E-state index in [1.54, 1.807) is 6.07 Å². The number of anilines is 3. The van der Waals surface area contributed by atoms with Gasteiger partial charge in [0.2, 0.25) is 0 Å². The SMILES string of the molecule is Cc1cc(N(c2ccc3c(c2)C(C)(C)c2ccccc2-3)c2ccc3c(c2)C(C)(C)c2ccccc2-3)ccc1C(=O)O. The lowest BCUT2D eigenvalue weighted by atomic mass is 9.82. The quantitative estimate of drug-likeness (QED) is 0.249. The zero-order valence-electron chi connectivity index (χ0n) is 24.1. The van der Waals surface area contributed by atoms with Gasteiger partial charge in [-0.25, -0.2) is 4.79 Å². The van der Waals surface area contributed by atoms with Gasteiger partial charge in [-0.1, -0.05) is 88.4 Å². The second-order valence-electron chi connectivity index (χ2n) is 12.4. The molecule has 41 heavy (non-hydrogen) atoms. The Balaban J connectivity index is 1.43. The maximum atomic E-state index is 11.8. The number of aryl methyl sites for hydroxylation is 1. The first kappa shape index (κ1) is 25.3. The third kappa shape index (κ3) is 3.62. The van der Waals surface area contributed by atoms with Crippen molar-refractivity contribution in [1.29, 1.82) is 0 Å². The van der Waals surface area contributed by atoms with Crippen LogP contribution in [-0.4, -0.2) is 11.1 Å². The van der Waals surface area contributed by atoms with Crippen molar-refractivity contribution in [3.63, 3.8) is 0 Å². The number of nitrogens with zero attached hydrogens (tertiary/aromatic N) is 1. The summed E-state index contributed by atoms with van der Waals surface area (Å²) in [6, 6.07) is 36.6. The number of rotatable bonds is 4. The van der Waals surface area contributed by atoms with E-state index in [0.29, 0.717) is 5.56 Å². The lowest BCUT2D eigenvalue weighted by Crippen LogP contribution is -2.18. The molecule has 0 saturated heterocycles. The minimum absolute atomic E-state index is 0.127. The fourth-order valence-electron chi connectivity index (χ4n) is 7.14. The monoisotopic (exact) mass is 535 g/mol. The van der Waals surface area contributed by atoms with E-state index in [-0.39, 0.29) is 10.8 Å². The number of hydrogen-bond donors (Lipinski definition) is 1. The Labute approximate surface area is 241 Å². The van der Waals surface area contributed by atoms with E-state index >= 15 is 0 Å². The van der Waals surface area contributed by atoms with Crippen LogP contribution in [0.15, 0.2) is 103 Å². The molecule has 0 fully saturated rings. The summed E-state index contributed by atoms with van der Waals surface area (Å²) in [5.74, 6) is -0.908. The summed E-state index contributed by atoms with van der Waals surface area (Å²) in [7, 11) is 0. The molecule has 0 aliphatic heterocycles. The second kappa shape index (κ2) is 8.68. The van der Waals surface area contributed by atoms with Gasteiger partial charge in [-0.05, 0) is 99.5 Å². The van der Waals surface area contributed by atoms with Crippen LogP contribution in [0.1, 0.15) is 65.9 Å². The van der Waals surface area contributed by atoms with Crippen LogP contribution in [0.4, 0.5) is 17.1 Å². The molecule has 0 bridgehead atoms. The summed E-state index contributed by atoms with van der Waals surface area (Å²) in [6.45, 7) is 11.1. The van der Waals surface area contributed by atoms with Gasteiger partial charge in [0, 0.05) is 27.9 Å². The molecule has 3 heteroatoms. The predicted octanol–water partition coefficient (Wildman–Crippen LogP) is 9.78. The highest BCUT2D eigenvalue weighted by Gasteiger charge is 2.37. The molecule has 0 amide bonds. The van der Waals surface area contributed by atoms with E-state index in [1.165, 1.54) is 44.5 Å². The average molecular weight is 536 g/mol. The van der Waals surface area contributed by atoms with Crippen LogP contribution < -0.4 is 4.90 Å². The predicted molar refractivity (Wildman–Crippen MR) is 168 cm³/mol. The van der Waals surface area contributed by atoms with Crippen molar-refractivity contribution in [2.45, 2.75) is 45.4 Å². The number of carboxylic acid groups (broad SMARTS) is 1. The molecule has 5 aromatic rings. The maximum absolute atomic E-state index is 11.8. The summed E-state index contributed by atoms with van der Waals surface area (Å²) >= 11 is 0. The molecule has 2 aliphatic rings. The Hall–Kier alpha value is -4.63. The van der Waals surface area contributed by atoms with Gasteiger partial charge in [0.25, 0.3) is 0 Å². The number of benzene rings is 5. The Bertz CT molecular complexity index is 1790. The van der Waals surface area contributed by atoms with E-state index in [9.17, 15) is 9.90 Å². The van der Waals surface area contributed by atoms with Crippen LogP contribution in [0.3, 0.4) is 0 Å². The second-order valence-corrected chi connectivity index (χ2v) is 12.4. The van der Waals surface area contributed by atoms with E-state index in [1.807, 2.05) is 19.1 Å². The smallest absolute Gasteiger partial charge is 0.335 e. The summed E-state index contributed by atoms with van der Waals surface area (Å²) in [5, 5.41) is 9.71. The number of carboxylic acids is 1. The van der Waals surface area contributed by atoms with Crippen LogP contribution in [0.25, 0.3) is 22.3 Å². The third-order valence-corrected chi connectivity index (χ3v) is 9.35. The number of aromatic carboxylic acids is 1. The molecule has 0 saturated carbocycles. The van der Waals surface area contributed by atoms with Crippen molar-refractivity contribution in [3.05, 3.63) is 137 Å². The van der Waals surface area contributed by atoms with Gasteiger partial charge >= 0.3 is 5.97 Å². The van der Waals surface area contributed by atoms with Crippen LogP contribution in [0.2, 0.25) is 0 Å². The van der Waals surface area contributed by atoms with Gasteiger partial charge in [0.15, 0.2) is 0 Å². The standard InChI is InChI=1S/C38H33NO2/c1-23-20-24(14-17-27(23)36(40)41)39(25-15-18-30-28-10-6-8-12-32(28)37(2,3)34(30)21-25)26-16-19-31-29-11-7-9-13-33(29)38(4,5)35(31)22-26/h6-22H,1-5H3,(H,40,41). The van der Waals surface area contributed by atoms with Gasteiger partial charge in [0.05, 0.1) is 5.56 Å². The van der Waals surface area contributed by atoms with Crippen molar-refractivity contribution in [3.8, 4) is 22.3 Å². The summed E-state index contributed by atoms with van der Waals surface area (Å²) in [4.78, 5) is 14.1. The molecule has 0 heterocycles. The fourth-order valence-corrected chi connectivity index (χ4v) is 7.14. The van der Waals surface area contributed by atoms with Crippen molar-refractivity contribution < 1.29 is 9.90 Å². The number of hydrogen-bond acceptors (Lipinski definition) is 2. The van der Waals surface area contributed by atoms with Crippen molar-refractivity contribution in [2.75, 3.05) is 4.90 Å². The molecule has 0 spiro atoms. The topological polar surface area (TPSA) is 40.5 Å². The van der Waals surface area contributed by atoms with Gasteiger partial charge in [-0.3, -0.25) is 0 Å². The highest BCUT2D eigenvalue weighted by atomic mass is 16.4. The molecule has 0 atom stereocenters. The van der Waals surface area contributed by atoms with Gasteiger partial charge in [0.1, 0.15) is 0 Å². The molecule has 0 radical (unpaired) electrons. The molecular formula is C38H33NO2. The van der Waals surface area contributed by atoms with Crippen LogP contribution in [-0.2, 0) is 10.8 Å². The van der Waals surface area contributed by atoms with E-state index in [4.69, 9.17) is 0 Å². The minimum atomic E-state index is -0.908.